The number of hydrogen-bond donors (Lipinski definition) is 4. The largest absolute Gasteiger partial charge is 0.495 e. The van der Waals surface area contributed by atoms with Crippen LogP contribution < -0.4 is 14.9 Å². The number of hydrogen-bond acceptors (Lipinski definition) is 10. The summed E-state index contributed by atoms with van der Waals surface area (Å²) in [6, 6.07) is 3.04. The van der Waals surface area contributed by atoms with Crippen molar-refractivity contribution in [2.45, 2.75) is 69.6 Å². The van der Waals surface area contributed by atoms with Gasteiger partial charge in [0.25, 0.3) is 0 Å². The maximum Gasteiger partial charge on any atom is 0.196 e. The maximum atomic E-state index is 12.6. The first kappa shape index (κ1) is 23.0. The van der Waals surface area contributed by atoms with Gasteiger partial charge in [0.15, 0.2) is 11.7 Å². The van der Waals surface area contributed by atoms with Crippen molar-refractivity contribution >= 4 is 11.0 Å². The Morgan fingerprint density at radius 3 is 2.53 bits per heavy atom. The van der Waals surface area contributed by atoms with Crippen LogP contribution in [-0.4, -0.2) is 76.6 Å². The molecule has 4 rings (SSSR count). The van der Waals surface area contributed by atoms with Crippen molar-refractivity contribution in [1.29, 1.82) is 0 Å². The molecule has 10 nitrogen and oxygen atoms in total. The summed E-state index contributed by atoms with van der Waals surface area (Å²) in [5, 5.41) is 40.1. The lowest BCUT2D eigenvalue weighted by atomic mass is 9.94. The van der Waals surface area contributed by atoms with E-state index in [0.717, 1.165) is 0 Å². The van der Waals surface area contributed by atoms with Gasteiger partial charge in [-0.05, 0) is 20.8 Å². The van der Waals surface area contributed by atoms with Crippen molar-refractivity contribution in [2.75, 3.05) is 13.7 Å². The predicted octanol–water partition coefficient (Wildman–Crippen LogP) is 0.00862. The first-order chi connectivity index (χ1) is 15.1. The number of aryl methyl sites for hydroxylation is 1. The molecule has 32 heavy (non-hydrogen) atoms. The van der Waals surface area contributed by atoms with Crippen molar-refractivity contribution in [3.63, 3.8) is 0 Å². The van der Waals surface area contributed by atoms with Crippen LogP contribution in [0, 0.1) is 6.92 Å². The summed E-state index contributed by atoms with van der Waals surface area (Å²) in [5.41, 5.74) is -0.230. The molecule has 0 bridgehead atoms. The van der Waals surface area contributed by atoms with E-state index in [4.69, 9.17) is 23.4 Å². The van der Waals surface area contributed by atoms with E-state index in [1.165, 1.54) is 13.2 Å². The van der Waals surface area contributed by atoms with Crippen molar-refractivity contribution in [2.24, 2.45) is 0 Å². The summed E-state index contributed by atoms with van der Waals surface area (Å²) in [6.07, 6.45) is -7.17. The number of fused-ring (bicyclic) bond motifs is 2. The molecular formula is C22H28O10. The third-order valence-electron chi connectivity index (χ3n) is 6.07. The third-order valence-corrected chi connectivity index (χ3v) is 6.07. The van der Waals surface area contributed by atoms with Gasteiger partial charge in [0.2, 0.25) is 0 Å². The smallest absolute Gasteiger partial charge is 0.196 e. The second kappa shape index (κ2) is 8.29. The van der Waals surface area contributed by atoms with Crippen LogP contribution in [0.25, 0.3) is 11.0 Å². The fourth-order valence-corrected chi connectivity index (χ4v) is 4.26. The van der Waals surface area contributed by atoms with Crippen LogP contribution in [0.1, 0.15) is 25.2 Å². The van der Waals surface area contributed by atoms with E-state index >= 15 is 0 Å². The minimum absolute atomic E-state index is 0.219. The third kappa shape index (κ3) is 3.76. The minimum atomic E-state index is -1.55. The second-order valence-electron chi connectivity index (χ2n) is 8.71. The zero-order chi connectivity index (χ0) is 23.4. The van der Waals surface area contributed by atoms with Gasteiger partial charge < -0.3 is 43.8 Å². The Morgan fingerprint density at radius 1 is 1.16 bits per heavy atom. The molecule has 1 aromatic heterocycles. The molecule has 1 fully saturated rings. The van der Waals surface area contributed by atoms with Crippen molar-refractivity contribution < 1.29 is 43.8 Å². The average Bonchev–Trinajstić information content (AvgIpc) is 3.17. The SMILES string of the molecule is COc1c2c(cc3oc(C)cc(=O)c13)O[C@@H](C(C)(C)O[C@@H]1O[C@H](CO)[C@@H](O)[C@H](O)[C@H]1O)C2. The van der Waals surface area contributed by atoms with Crippen LogP contribution in [0.15, 0.2) is 21.3 Å². The highest BCUT2D eigenvalue weighted by Crippen LogP contribution is 2.44. The molecule has 0 spiro atoms. The summed E-state index contributed by atoms with van der Waals surface area (Å²) in [4.78, 5) is 12.6. The molecule has 0 aliphatic carbocycles. The minimum Gasteiger partial charge on any atom is -0.495 e. The molecule has 0 unspecified atom stereocenters. The Hall–Kier alpha value is -2.21. The zero-order valence-electron chi connectivity index (χ0n) is 18.3. The van der Waals surface area contributed by atoms with Gasteiger partial charge in [0.1, 0.15) is 64.3 Å². The topological polar surface area (TPSA) is 148 Å². The average molecular weight is 452 g/mol. The van der Waals surface area contributed by atoms with Gasteiger partial charge in [0.05, 0.1) is 13.7 Å². The first-order valence-corrected chi connectivity index (χ1v) is 10.4. The lowest BCUT2D eigenvalue weighted by molar-refractivity contribution is -0.329. The van der Waals surface area contributed by atoms with Crippen LogP contribution in [0.4, 0.5) is 0 Å². The van der Waals surface area contributed by atoms with Gasteiger partial charge >= 0.3 is 0 Å². The molecule has 10 heteroatoms. The Balaban J connectivity index is 1.62. The molecule has 2 aliphatic heterocycles. The second-order valence-corrected chi connectivity index (χ2v) is 8.71. The molecule has 3 heterocycles. The highest BCUT2D eigenvalue weighted by atomic mass is 16.7. The molecule has 2 aromatic rings. The van der Waals surface area contributed by atoms with Crippen LogP contribution in [0.2, 0.25) is 0 Å². The number of methoxy groups -OCH3 is 1. The van der Waals surface area contributed by atoms with Gasteiger partial charge in [-0.3, -0.25) is 4.79 Å². The monoisotopic (exact) mass is 452 g/mol. The Morgan fingerprint density at radius 2 is 1.88 bits per heavy atom. The normalized spacial score (nSPS) is 30.2. The fraction of sp³-hybridized carbons (Fsp3) is 0.591. The van der Waals surface area contributed by atoms with Gasteiger partial charge in [-0.2, -0.15) is 0 Å². The van der Waals surface area contributed by atoms with Crippen LogP contribution in [0.5, 0.6) is 11.5 Å². The number of benzene rings is 1. The van der Waals surface area contributed by atoms with Crippen LogP contribution in [-0.2, 0) is 15.9 Å². The Kier molecular flexibility index (Phi) is 5.95. The summed E-state index contributed by atoms with van der Waals surface area (Å²) in [6.45, 7) is 4.58. The molecule has 1 saturated heterocycles. The number of aliphatic hydroxyl groups excluding tert-OH is 4. The number of rotatable bonds is 5. The molecule has 0 saturated carbocycles. The number of aliphatic hydroxyl groups is 4. The van der Waals surface area contributed by atoms with E-state index in [9.17, 15) is 25.2 Å². The molecule has 0 amide bonds. The highest BCUT2D eigenvalue weighted by Gasteiger charge is 2.48. The van der Waals surface area contributed by atoms with Crippen molar-refractivity contribution in [3.8, 4) is 11.5 Å². The van der Waals surface area contributed by atoms with E-state index in [1.54, 1.807) is 26.8 Å². The molecule has 1 aromatic carbocycles. The Bertz CT molecular complexity index is 1060. The van der Waals surface area contributed by atoms with Crippen LogP contribution >= 0.6 is 0 Å². The van der Waals surface area contributed by atoms with Gasteiger partial charge in [-0.1, -0.05) is 0 Å². The summed E-state index contributed by atoms with van der Waals surface area (Å²) in [7, 11) is 1.47. The Labute approximate surface area is 183 Å². The maximum absolute atomic E-state index is 12.6. The van der Waals surface area contributed by atoms with E-state index in [0.29, 0.717) is 40.2 Å². The molecule has 0 radical (unpaired) electrons. The van der Waals surface area contributed by atoms with Gasteiger partial charge in [-0.15, -0.1) is 0 Å². The first-order valence-electron chi connectivity index (χ1n) is 10.4. The molecule has 6 atom stereocenters. The predicted molar refractivity (Wildman–Crippen MR) is 111 cm³/mol. The lowest BCUT2D eigenvalue weighted by Crippen LogP contribution is -2.61. The fourth-order valence-electron chi connectivity index (χ4n) is 4.26. The lowest BCUT2D eigenvalue weighted by Gasteiger charge is -2.43. The number of ether oxygens (including phenoxy) is 4. The summed E-state index contributed by atoms with van der Waals surface area (Å²) < 4.78 is 28.8. The van der Waals surface area contributed by atoms with Gasteiger partial charge in [-0.25, -0.2) is 0 Å². The van der Waals surface area contributed by atoms with E-state index < -0.39 is 49.0 Å². The van der Waals surface area contributed by atoms with E-state index in [-0.39, 0.29) is 5.43 Å². The van der Waals surface area contributed by atoms with Crippen LogP contribution in [0.3, 0.4) is 0 Å². The van der Waals surface area contributed by atoms with E-state index in [1.807, 2.05) is 0 Å². The zero-order valence-corrected chi connectivity index (χ0v) is 18.3. The summed E-state index contributed by atoms with van der Waals surface area (Å²) in [5.74, 6) is 1.32. The molecular weight excluding hydrogens is 424 g/mol. The standard InChI is InChI=1S/C22H28O10/c1-9-5-11(24)16-13(29-9)7-12-10(20(16)28-4)6-15(30-12)22(2,3)32-21-19(27)18(26)17(25)14(8-23)31-21/h5,7,14-15,17-19,21,23,25-27H,6,8H2,1-4H3/t14-,15-,17-,18+,19-,21+/m1/s1. The highest BCUT2D eigenvalue weighted by molar-refractivity contribution is 5.87. The molecule has 176 valence electrons. The van der Waals surface area contributed by atoms with Crippen molar-refractivity contribution in [1.82, 2.24) is 0 Å². The van der Waals surface area contributed by atoms with Gasteiger partial charge in [0, 0.05) is 24.1 Å². The van der Waals surface area contributed by atoms with Crippen molar-refractivity contribution in [3.05, 3.63) is 33.7 Å². The summed E-state index contributed by atoms with van der Waals surface area (Å²) >= 11 is 0. The quantitative estimate of drug-likeness (QED) is 0.489. The van der Waals surface area contributed by atoms with E-state index in [2.05, 4.69) is 0 Å². The molecule has 4 N–H and O–H groups in total. The molecule has 2 aliphatic rings.